The van der Waals surface area contributed by atoms with Crippen molar-refractivity contribution in [2.75, 3.05) is 24.6 Å². The number of sulfone groups is 1. The van der Waals surface area contributed by atoms with E-state index in [0.717, 1.165) is 25.9 Å². The molecule has 0 aromatic rings. The SMILES string of the molecule is O=C(NC1CCS(=O)(=O)CC1)N1CCCCCC1. The highest BCUT2D eigenvalue weighted by atomic mass is 32.2. The Hall–Kier alpha value is -0.780. The standard InChI is InChI=1S/C12H22N2O3S/c15-12(14-7-3-1-2-4-8-14)13-11-5-9-18(16,17)10-6-11/h11H,1-10H2,(H,13,15). The summed E-state index contributed by atoms with van der Waals surface area (Å²) in [6.45, 7) is 1.66. The van der Waals surface area contributed by atoms with Crippen LogP contribution in [-0.2, 0) is 9.84 Å². The fourth-order valence-corrected chi connectivity index (χ4v) is 4.07. The smallest absolute Gasteiger partial charge is 0.317 e. The molecule has 0 aromatic heterocycles. The summed E-state index contributed by atoms with van der Waals surface area (Å²) in [5.74, 6) is 0.413. The summed E-state index contributed by atoms with van der Waals surface area (Å²) in [6, 6.07) is 0.0190. The van der Waals surface area contributed by atoms with E-state index in [0.29, 0.717) is 12.8 Å². The van der Waals surface area contributed by atoms with Gasteiger partial charge in [-0.05, 0) is 25.7 Å². The minimum Gasteiger partial charge on any atom is -0.335 e. The van der Waals surface area contributed by atoms with E-state index in [1.54, 1.807) is 0 Å². The first kappa shape index (κ1) is 13.6. The summed E-state index contributed by atoms with van der Waals surface area (Å²) >= 11 is 0. The molecule has 0 spiro atoms. The molecule has 6 heteroatoms. The summed E-state index contributed by atoms with van der Waals surface area (Å²) in [5, 5.41) is 2.98. The Morgan fingerprint density at radius 1 is 1.00 bits per heavy atom. The van der Waals surface area contributed by atoms with Gasteiger partial charge in [-0.1, -0.05) is 12.8 Å². The van der Waals surface area contributed by atoms with Crippen LogP contribution in [0.3, 0.4) is 0 Å². The average Bonchev–Trinajstić information content (AvgIpc) is 2.60. The molecule has 0 aliphatic carbocycles. The Bertz CT molecular complexity index is 372. The zero-order chi connectivity index (χ0) is 13.0. The van der Waals surface area contributed by atoms with E-state index < -0.39 is 9.84 Å². The van der Waals surface area contributed by atoms with E-state index in [9.17, 15) is 13.2 Å². The van der Waals surface area contributed by atoms with Crippen molar-refractivity contribution >= 4 is 15.9 Å². The highest BCUT2D eigenvalue weighted by molar-refractivity contribution is 7.91. The third kappa shape index (κ3) is 3.86. The number of nitrogens with zero attached hydrogens (tertiary/aromatic N) is 1. The van der Waals surface area contributed by atoms with Gasteiger partial charge in [0.1, 0.15) is 9.84 Å². The van der Waals surface area contributed by atoms with Gasteiger partial charge in [0, 0.05) is 19.1 Å². The zero-order valence-corrected chi connectivity index (χ0v) is 11.5. The number of nitrogens with one attached hydrogen (secondary N) is 1. The van der Waals surface area contributed by atoms with Gasteiger partial charge in [-0.2, -0.15) is 0 Å². The number of urea groups is 1. The molecular weight excluding hydrogens is 252 g/mol. The molecule has 5 nitrogen and oxygen atoms in total. The molecule has 2 rings (SSSR count). The Morgan fingerprint density at radius 2 is 1.56 bits per heavy atom. The van der Waals surface area contributed by atoms with E-state index in [2.05, 4.69) is 5.32 Å². The van der Waals surface area contributed by atoms with Crippen LogP contribution in [0.15, 0.2) is 0 Å². The molecule has 0 saturated carbocycles. The molecule has 1 N–H and O–H groups in total. The summed E-state index contributed by atoms with van der Waals surface area (Å²) < 4.78 is 22.6. The molecule has 0 aromatic carbocycles. The number of carbonyl (C=O) groups excluding carboxylic acids is 1. The normalized spacial score (nSPS) is 25.4. The third-order valence-electron chi connectivity index (χ3n) is 3.78. The molecule has 0 bridgehead atoms. The highest BCUT2D eigenvalue weighted by Crippen LogP contribution is 2.14. The summed E-state index contributed by atoms with van der Waals surface area (Å²) in [6.07, 6.45) is 5.67. The first-order valence-corrected chi connectivity index (χ1v) is 8.65. The van der Waals surface area contributed by atoms with Gasteiger partial charge in [0.2, 0.25) is 0 Å². The van der Waals surface area contributed by atoms with Crippen molar-refractivity contribution in [1.82, 2.24) is 10.2 Å². The Balaban J connectivity index is 1.80. The summed E-state index contributed by atoms with van der Waals surface area (Å²) in [4.78, 5) is 13.9. The lowest BCUT2D eigenvalue weighted by molar-refractivity contribution is 0.194. The van der Waals surface area contributed by atoms with Crippen molar-refractivity contribution < 1.29 is 13.2 Å². The van der Waals surface area contributed by atoms with Crippen LogP contribution in [0, 0.1) is 0 Å². The predicted molar refractivity (Wildman–Crippen MR) is 70.2 cm³/mol. The Labute approximate surface area is 109 Å². The van der Waals surface area contributed by atoms with Gasteiger partial charge in [-0.15, -0.1) is 0 Å². The molecule has 0 radical (unpaired) electrons. The molecule has 2 saturated heterocycles. The molecule has 18 heavy (non-hydrogen) atoms. The van der Waals surface area contributed by atoms with Crippen molar-refractivity contribution in [3.63, 3.8) is 0 Å². The first-order valence-electron chi connectivity index (χ1n) is 6.83. The van der Waals surface area contributed by atoms with Crippen LogP contribution in [0.5, 0.6) is 0 Å². The van der Waals surface area contributed by atoms with Crippen LogP contribution in [0.2, 0.25) is 0 Å². The molecule has 2 aliphatic rings. The van der Waals surface area contributed by atoms with Crippen molar-refractivity contribution in [3.8, 4) is 0 Å². The van der Waals surface area contributed by atoms with Gasteiger partial charge in [-0.25, -0.2) is 13.2 Å². The number of hydrogen-bond donors (Lipinski definition) is 1. The van der Waals surface area contributed by atoms with E-state index >= 15 is 0 Å². The van der Waals surface area contributed by atoms with Crippen LogP contribution in [0.1, 0.15) is 38.5 Å². The van der Waals surface area contributed by atoms with Gasteiger partial charge < -0.3 is 10.2 Å². The lowest BCUT2D eigenvalue weighted by Crippen LogP contribution is -2.47. The van der Waals surface area contributed by atoms with E-state index in [4.69, 9.17) is 0 Å². The van der Waals surface area contributed by atoms with Crippen molar-refractivity contribution in [2.45, 2.75) is 44.6 Å². The van der Waals surface area contributed by atoms with Crippen molar-refractivity contribution in [1.29, 1.82) is 0 Å². The van der Waals surface area contributed by atoms with Crippen LogP contribution in [0.4, 0.5) is 4.79 Å². The summed E-state index contributed by atoms with van der Waals surface area (Å²) in [7, 11) is -2.85. The monoisotopic (exact) mass is 274 g/mol. The maximum atomic E-state index is 12.0. The fraction of sp³-hybridized carbons (Fsp3) is 0.917. The van der Waals surface area contributed by atoms with Crippen LogP contribution in [-0.4, -0.2) is 50.0 Å². The molecule has 0 unspecified atom stereocenters. The van der Waals surface area contributed by atoms with E-state index in [-0.39, 0.29) is 23.6 Å². The molecule has 2 amide bonds. The number of likely N-dealkylation sites (tertiary alicyclic amines) is 1. The fourth-order valence-electron chi connectivity index (χ4n) is 2.57. The van der Waals surface area contributed by atoms with Gasteiger partial charge in [-0.3, -0.25) is 0 Å². The number of carbonyl (C=O) groups is 1. The number of hydrogen-bond acceptors (Lipinski definition) is 3. The zero-order valence-electron chi connectivity index (χ0n) is 10.7. The molecular formula is C12H22N2O3S. The molecule has 104 valence electrons. The van der Waals surface area contributed by atoms with Crippen molar-refractivity contribution in [2.24, 2.45) is 0 Å². The van der Waals surface area contributed by atoms with Crippen molar-refractivity contribution in [3.05, 3.63) is 0 Å². The van der Waals surface area contributed by atoms with Crippen LogP contribution in [0.25, 0.3) is 0 Å². The van der Waals surface area contributed by atoms with Gasteiger partial charge >= 0.3 is 6.03 Å². The quantitative estimate of drug-likeness (QED) is 0.780. The lowest BCUT2D eigenvalue weighted by Gasteiger charge is -2.27. The molecule has 0 atom stereocenters. The maximum absolute atomic E-state index is 12.0. The molecule has 2 aliphatic heterocycles. The molecule has 2 fully saturated rings. The van der Waals surface area contributed by atoms with Gasteiger partial charge in [0.05, 0.1) is 11.5 Å². The Morgan fingerprint density at radius 3 is 2.11 bits per heavy atom. The number of amides is 2. The largest absolute Gasteiger partial charge is 0.335 e. The molecule has 2 heterocycles. The first-order chi connectivity index (χ1) is 8.57. The average molecular weight is 274 g/mol. The van der Waals surface area contributed by atoms with Crippen LogP contribution >= 0.6 is 0 Å². The van der Waals surface area contributed by atoms with E-state index in [1.165, 1.54) is 12.8 Å². The van der Waals surface area contributed by atoms with E-state index in [1.807, 2.05) is 4.90 Å². The van der Waals surface area contributed by atoms with Gasteiger partial charge in [0.15, 0.2) is 0 Å². The predicted octanol–water partition coefficient (Wildman–Crippen LogP) is 1.15. The second-order valence-electron chi connectivity index (χ2n) is 5.28. The van der Waals surface area contributed by atoms with Gasteiger partial charge in [0.25, 0.3) is 0 Å². The lowest BCUT2D eigenvalue weighted by atomic mass is 10.1. The topological polar surface area (TPSA) is 66.5 Å². The minimum absolute atomic E-state index is 0.0128. The second-order valence-corrected chi connectivity index (χ2v) is 7.58. The maximum Gasteiger partial charge on any atom is 0.317 e. The van der Waals surface area contributed by atoms with Crippen LogP contribution < -0.4 is 5.32 Å². The highest BCUT2D eigenvalue weighted by Gasteiger charge is 2.26. The third-order valence-corrected chi connectivity index (χ3v) is 5.49. The Kier molecular flexibility index (Phi) is 4.48. The minimum atomic E-state index is -2.85. The summed E-state index contributed by atoms with van der Waals surface area (Å²) in [5.41, 5.74) is 0. The number of rotatable bonds is 1. The second kappa shape index (κ2) is 5.91.